The molecular weight excluding hydrogens is 348 g/mol. The van der Waals surface area contributed by atoms with E-state index in [1.807, 2.05) is 18.2 Å². The van der Waals surface area contributed by atoms with Crippen LogP contribution in [-0.2, 0) is 13.0 Å². The summed E-state index contributed by atoms with van der Waals surface area (Å²) in [6.07, 6.45) is 8.81. The minimum atomic E-state index is 0.580. The molecule has 6 nitrogen and oxygen atoms in total. The monoisotopic (exact) mass is 372 g/mol. The maximum atomic E-state index is 4.74. The van der Waals surface area contributed by atoms with Gasteiger partial charge in [0.25, 0.3) is 0 Å². The molecule has 4 rings (SSSR count). The average molecular weight is 372 g/mol. The Bertz CT molecular complexity index is 1070. The first-order valence-corrected chi connectivity index (χ1v) is 9.78. The number of hydrogen-bond acceptors (Lipinski definition) is 5. The molecule has 1 aromatic carbocycles. The fourth-order valence-electron chi connectivity index (χ4n) is 3.31. The normalized spacial score (nSPS) is 11.1. The highest BCUT2D eigenvalue weighted by Crippen LogP contribution is 2.24. The lowest BCUT2D eigenvalue weighted by molar-refractivity contribution is 0.786. The molecule has 142 valence electrons. The van der Waals surface area contributed by atoms with Crippen LogP contribution < -0.4 is 5.32 Å². The largest absolute Gasteiger partial charge is 0.324 e. The Morgan fingerprint density at radius 1 is 1.04 bits per heavy atom. The molecule has 0 saturated carbocycles. The van der Waals surface area contributed by atoms with Crippen LogP contribution in [-0.4, -0.2) is 24.5 Å². The summed E-state index contributed by atoms with van der Waals surface area (Å²) in [5.41, 5.74) is 4.97. The Morgan fingerprint density at radius 2 is 1.89 bits per heavy atom. The van der Waals surface area contributed by atoms with E-state index < -0.39 is 0 Å². The topological polar surface area (TPSA) is 68.5 Å². The Kier molecular flexibility index (Phi) is 5.28. The summed E-state index contributed by atoms with van der Waals surface area (Å²) in [4.78, 5) is 18.0. The molecule has 3 aromatic heterocycles. The van der Waals surface area contributed by atoms with Gasteiger partial charge in [0.1, 0.15) is 11.3 Å². The number of imidazole rings is 1. The van der Waals surface area contributed by atoms with Gasteiger partial charge in [-0.2, -0.15) is 4.98 Å². The first-order valence-electron chi connectivity index (χ1n) is 9.78. The second-order valence-electron chi connectivity index (χ2n) is 6.75. The van der Waals surface area contributed by atoms with Crippen molar-refractivity contribution in [2.75, 3.05) is 5.32 Å². The number of anilines is 2. The maximum Gasteiger partial charge on any atom is 0.229 e. The fourth-order valence-corrected chi connectivity index (χ4v) is 3.31. The van der Waals surface area contributed by atoms with E-state index in [0.29, 0.717) is 5.95 Å². The molecule has 0 atom stereocenters. The predicted octanol–water partition coefficient (Wildman–Crippen LogP) is 4.99. The smallest absolute Gasteiger partial charge is 0.229 e. The molecule has 3 heterocycles. The standard InChI is InChI=1S/C22H24N6/c1-3-5-7-16-8-6-9-18(14-16)25-22-24-15-19-21(27-22)28(4-2)20(26-19)17-10-12-23-13-11-17/h6,8-15H,3-5,7H2,1-2H3,(H,24,25,27). The third-order valence-electron chi connectivity index (χ3n) is 4.74. The van der Waals surface area contributed by atoms with E-state index in [9.17, 15) is 0 Å². The van der Waals surface area contributed by atoms with Crippen LogP contribution in [0.3, 0.4) is 0 Å². The van der Waals surface area contributed by atoms with Gasteiger partial charge in [-0.1, -0.05) is 25.5 Å². The van der Waals surface area contributed by atoms with Gasteiger partial charge in [0.05, 0.1) is 6.20 Å². The number of fused-ring (bicyclic) bond motifs is 1. The Hall–Kier alpha value is -3.28. The van der Waals surface area contributed by atoms with Crippen molar-refractivity contribution < 1.29 is 0 Å². The van der Waals surface area contributed by atoms with Gasteiger partial charge in [-0.15, -0.1) is 0 Å². The maximum absolute atomic E-state index is 4.74. The van der Waals surface area contributed by atoms with Crippen LogP contribution in [0, 0.1) is 0 Å². The second kappa shape index (κ2) is 8.17. The minimum Gasteiger partial charge on any atom is -0.324 e. The van der Waals surface area contributed by atoms with Crippen molar-refractivity contribution in [1.82, 2.24) is 24.5 Å². The molecule has 0 spiro atoms. The summed E-state index contributed by atoms with van der Waals surface area (Å²) in [7, 11) is 0. The Balaban J connectivity index is 1.66. The molecule has 0 saturated heterocycles. The van der Waals surface area contributed by atoms with E-state index >= 15 is 0 Å². The van der Waals surface area contributed by atoms with E-state index in [0.717, 1.165) is 41.2 Å². The minimum absolute atomic E-state index is 0.580. The molecule has 0 bridgehead atoms. The number of hydrogen-bond donors (Lipinski definition) is 1. The quantitative estimate of drug-likeness (QED) is 0.495. The van der Waals surface area contributed by atoms with Crippen LogP contribution in [0.5, 0.6) is 0 Å². The molecule has 0 aliphatic rings. The highest BCUT2D eigenvalue weighted by atomic mass is 15.2. The summed E-state index contributed by atoms with van der Waals surface area (Å²) in [6.45, 7) is 5.08. The van der Waals surface area contributed by atoms with E-state index in [-0.39, 0.29) is 0 Å². The van der Waals surface area contributed by atoms with Crippen molar-refractivity contribution in [3.05, 3.63) is 60.6 Å². The van der Waals surface area contributed by atoms with E-state index in [1.165, 1.54) is 18.4 Å². The number of benzene rings is 1. The van der Waals surface area contributed by atoms with Gasteiger partial charge in [-0.25, -0.2) is 9.97 Å². The SMILES string of the molecule is CCCCc1cccc(Nc2ncc3nc(-c4ccncc4)n(CC)c3n2)c1. The summed E-state index contributed by atoms with van der Waals surface area (Å²) >= 11 is 0. The molecule has 28 heavy (non-hydrogen) atoms. The van der Waals surface area contributed by atoms with Gasteiger partial charge >= 0.3 is 0 Å². The molecule has 0 aliphatic heterocycles. The van der Waals surface area contributed by atoms with Gasteiger partial charge in [-0.05, 0) is 49.6 Å². The number of pyridine rings is 1. The number of nitrogens with zero attached hydrogens (tertiary/aromatic N) is 5. The molecule has 4 aromatic rings. The van der Waals surface area contributed by atoms with Gasteiger partial charge in [0.15, 0.2) is 5.65 Å². The third kappa shape index (κ3) is 3.71. The lowest BCUT2D eigenvalue weighted by atomic mass is 10.1. The molecule has 1 N–H and O–H groups in total. The van der Waals surface area contributed by atoms with E-state index in [4.69, 9.17) is 9.97 Å². The average Bonchev–Trinajstić information content (AvgIpc) is 3.11. The molecule has 0 aliphatic carbocycles. The first kappa shape index (κ1) is 18.1. The Labute approximate surface area is 164 Å². The van der Waals surface area contributed by atoms with Crippen molar-refractivity contribution in [2.45, 2.75) is 39.7 Å². The van der Waals surface area contributed by atoms with Crippen molar-refractivity contribution >= 4 is 22.8 Å². The van der Waals surface area contributed by atoms with Crippen LogP contribution in [0.1, 0.15) is 32.3 Å². The highest BCUT2D eigenvalue weighted by molar-refractivity contribution is 5.77. The lowest BCUT2D eigenvalue weighted by Crippen LogP contribution is -2.02. The highest BCUT2D eigenvalue weighted by Gasteiger charge is 2.14. The van der Waals surface area contributed by atoms with Crippen LogP contribution >= 0.6 is 0 Å². The predicted molar refractivity (Wildman–Crippen MR) is 113 cm³/mol. The van der Waals surface area contributed by atoms with Crippen molar-refractivity contribution in [2.24, 2.45) is 0 Å². The zero-order valence-electron chi connectivity index (χ0n) is 16.3. The summed E-state index contributed by atoms with van der Waals surface area (Å²) in [5.74, 6) is 1.46. The first-order chi connectivity index (χ1) is 13.8. The molecule has 6 heteroatoms. The van der Waals surface area contributed by atoms with Gasteiger partial charge < -0.3 is 9.88 Å². The second-order valence-corrected chi connectivity index (χ2v) is 6.75. The summed E-state index contributed by atoms with van der Waals surface area (Å²) < 4.78 is 2.11. The lowest BCUT2D eigenvalue weighted by Gasteiger charge is -2.08. The molecule has 0 amide bonds. The summed E-state index contributed by atoms with van der Waals surface area (Å²) in [6, 6.07) is 12.4. The molecule has 0 radical (unpaired) electrons. The zero-order valence-corrected chi connectivity index (χ0v) is 16.3. The number of unbranched alkanes of at least 4 members (excludes halogenated alkanes) is 1. The summed E-state index contributed by atoms with van der Waals surface area (Å²) in [5, 5.41) is 3.34. The molecular formula is C22H24N6. The Morgan fingerprint density at radius 3 is 2.68 bits per heavy atom. The van der Waals surface area contributed by atoms with Crippen LogP contribution in [0.25, 0.3) is 22.6 Å². The van der Waals surface area contributed by atoms with Gasteiger partial charge in [-0.3, -0.25) is 4.98 Å². The van der Waals surface area contributed by atoms with Crippen molar-refractivity contribution in [3.63, 3.8) is 0 Å². The fraction of sp³-hybridized carbons (Fsp3) is 0.273. The molecule has 0 fully saturated rings. The van der Waals surface area contributed by atoms with Crippen LogP contribution in [0.15, 0.2) is 55.0 Å². The van der Waals surface area contributed by atoms with E-state index in [1.54, 1.807) is 18.6 Å². The van der Waals surface area contributed by atoms with E-state index in [2.05, 4.69) is 51.9 Å². The van der Waals surface area contributed by atoms with Gasteiger partial charge in [0.2, 0.25) is 5.95 Å². The number of rotatable bonds is 7. The van der Waals surface area contributed by atoms with Crippen LogP contribution in [0.4, 0.5) is 11.6 Å². The third-order valence-corrected chi connectivity index (χ3v) is 4.74. The number of aromatic nitrogens is 5. The zero-order chi connectivity index (χ0) is 19.3. The van der Waals surface area contributed by atoms with Crippen LogP contribution in [0.2, 0.25) is 0 Å². The van der Waals surface area contributed by atoms with Crippen molar-refractivity contribution in [3.8, 4) is 11.4 Å². The van der Waals surface area contributed by atoms with Gasteiger partial charge in [0, 0.05) is 30.2 Å². The van der Waals surface area contributed by atoms with Crippen molar-refractivity contribution in [1.29, 1.82) is 0 Å². The number of aryl methyl sites for hydroxylation is 2. The molecule has 0 unspecified atom stereocenters. The number of nitrogens with one attached hydrogen (secondary N) is 1.